The topological polar surface area (TPSA) is 30.3 Å². The maximum absolute atomic E-state index is 9.24. The van der Waals surface area contributed by atoms with Crippen molar-refractivity contribution in [3.8, 4) is 6.07 Å². The number of hydrogen-bond acceptors (Lipinski definition) is 3. The summed E-state index contributed by atoms with van der Waals surface area (Å²) in [6.45, 7) is 6.42. The van der Waals surface area contributed by atoms with E-state index in [1.165, 1.54) is 12.8 Å². The first-order valence-corrected chi connectivity index (χ1v) is 6.77. The highest BCUT2D eigenvalue weighted by Gasteiger charge is 2.31. The first-order chi connectivity index (χ1) is 8.78. The van der Waals surface area contributed by atoms with Gasteiger partial charge in [0.2, 0.25) is 0 Å². The number of piperazine rings is 1. The molecule has 2 fully saturated rings. The Labute approximate surface area is 109 Å². The summed E-state index contributed by atoms with van der Waals surface area (Å²) < 4.78 is 0. The molecule has 0 amide bonds. The fraction of sp³-hybridized carbons (Fsp3) is 0.533. The molecule has 0 unspecified atom stereocenters. The summed E-state index contributed by atoms with van der Waals surface area (Å²) in [7, 11) is 0. The lowest BCUT2D eigenvalue weighted by molar-refractivity contribution is 0.248. The van der Waals surface area contributed by atoms with Crippen LogP contribution in [0.1, 0.15) is 24.0 Å². The molecule has 1 aliphatic carbocycles. The van der Waals surface area contributed by atoms with Crippen molar-refractivity contribution in [2.45, 2.75) is 25.8 Å². The zero-order valence-electron chi connectivity index (χ0n) is 10.9. The molecule has 1 aromatic carbocycles. The molecule has 3 rings (SSSR count). The second-order valence-corrected chi connectivity index (χ2v) is 5.39. The zero-order valence-corrected chi connectivity index (χ0v) is 10.9. The Hall–Kier alpha value is -1.53. The summed E-state index contributed by atoms with van der Waals surface area (Å²) in [5, 5.41) is 9.24. The van der Waals surface area contributed by atoms with E-state index in [0.29, 0.717) is 0 Å². The third-order valence-corrected chi connectivity index (χ3v) is 3.99. The average molecular weight is 241 g/mol. The predicted octanol–water partition coefficient (Wildman–Crippen LogP) is 2.15. The van der Waals surface area contributed by atoms with Crippen molar-refractivity contribution in [2.24, 2.45) is 0 Å². The zero-order chi connectivity index (χ0) is 12.5. The van der Waals surface area contributed by atoms with Gasteiger partial charge in [0.15, 0.2) is 0 Å². The van der Waals surface area contributed by atoms with Gasteiger partial charge in [0.05, 0.1) is 11.3 Å². The van der Waals surface area contributed by atoms with Gasteiger partial charge in [0, 0.05) is 32.2 Å². The smallest absolute Gasteiger partial charge is 0.101 e. The molecular formula is C15H19N3. The van der Waals surface area contributed by atoms with Crippen LogP contribution in [0.4, 0.5) is 5.69 Å². The van der Waals surface area contributed by atoms with Gasteiger partial charge in [-0.05, 0) is 37.5 Å². The number of benzene rings is 1. The van der Waals surface area contributed by atoms with Gasteiger partial charge in [-0.15, -0.1) is 0 Å². The standard InChI is InChI=1S/C15H19N3/c1-12-2-5-15(13(10-12)11-16)18-8-6-17(7-9-18)14-3-4-14/h2,5,10,14H,3-4,6-9H2,1H3. The highest BCUT2D eigenvalue weighted by atomic mass is 15.3. The van der Waals surface area contributed by atoms with E-state index < -0.39 is 0 Å². The average Bonchev–Trinajstić information content (AvgIpc) is 3.23. The van der Waals surface area contributed by atoms with Crippen LogP contribution in [0.15, 0.2) is 18.2 Å². The maximum atomic E-state index is 9.24. The van der Waals surface area contributed by atoms with E-state index in [0.717, 1.165) is 49.0 Å². The van der Waals surface area contributed by atoms with Crippen LogP contribution >= 0.6 is 0 Å². The minimum atomic E-state index is 0.815. The quantitative estimate of drug-likeness (QED) is 0.795. The fourth-order valence-electron chi connectivity index (χ4n) is 2.78. The molecule has 1 saturated carbocycles. The van der Waals surface area contributed by atoms with Crippen molar-refractivity contribution in [3.63, 3.8) is 0 Å². The maximum Gasteiger partial charge on any atom is 0.101 e. The van der Waals surface area contributed by atoms with E-state index >= 15 is 0 Å². The Kier molecular flexibility index (Phi) is 2.97. The third kappa shape index (κ3) is 2.21. The molecule has 0 radical (unpaired) electrons. The van der Waals surface area contributed by atoms with Crippen molar-refractivity contribution in [1.29, 1.82) is 5.26 Å². The highest BCUT2D eigenvalue weighted by Crippen LogP contribution is 2.29. The second kappa shape index (κ2) is 4.62. The summed E-state index contributed by atoms with van der Waals surface area (Å²) in [6.07, 6.45) is 2.77. The lowest BCUT2D eigenvalue weighted by Crippen LogP contribution is -2.47. The molecule has 1 aliphatic heterocycles. The molecule has 0 spiro atoms. The van der Waals surface area contributed by atoms with Gasteiger partial charge in [-0.2, -0.15) is 5.26 Å². The number of nitriles is 1. The Balaban J connectivity index is 1.74. The molecule has 0 aromatic heterocycles. The molecule has 94 valence electrons. The van der Waals surface area contributed by atoms with E-state index in [-0.39, 0.29) is 0 Å². The molecule has 0 atom stereocenters. The lowest BCUT2D eigenvalue weighted by Gasteiger charge is -2.36. The Morgan fingerprint density at radius 3 is 2.50 bits per heavy atom. The summed E-state index contributed by atoms with van der Waals surface area (Å²) in [4.78, 5) is 4.95. The van der Waals surface area contributed by atoms with Crippen LogP contribution in [0.2, 0.25) is 0 Å². The van der Waals surface area contributed by atoms with Crippen LogP contribution in [0.3, 0.4) is 0 Å². The van der Waals surface area contributed by atoms with Gasteiger partial charge in [-0.3, -0.25) is 4.90 Å². The first-order valence-electron chi connectivity index (χ1n) is 6.77. The van der Waals surface area contributed by atoms with Gasteiger partial charge >= 0.3 is 0 Å². The Morgan fingerprint density at radius 2 is 1.89 bits per heavy atom. The van der Waals surface area contributed by atoms with Crippen molar-refractivity contribution < 1.29 is 0 Å². The van der Waals surface area contributed by atoms with E-state index in [2.05, 4.69) is 28.0 Å². The monoisotopic (exact) mass is 241 g/mol. The highest BCUT2D eigenvalue weighted by molar-refractivity contribution is 5.60. The molecule has 0 N–H and O–H groups in total. The number of anilines is 1. The third-order valence-electron chi connectivity index (χ3n) is 3.99. The van der Waals surface area contributed by atoms with Crippen LogP contribution in [-0.2, 0) is 0 Å². The van der Waals surface area contributed by atoms with Crippen LogP contribution < -0.4 is 4.90 Å². The minimum Gasteiger partial charge on any atom is -0.368 e. The number of rotatable bonds is 2. The summed E-state index contributed by atoms with van der Waals surface area (Å²) in [5.41, 5.74) is 3.08. The normalized spacial score (nSPS) is 20.8. The van der Waals surface area contributed by atoms with Crippen LogP contribution in [0, 0.1) is 18.3 Å². The molecule has 1 saturated heterocycles. The summed E-state index contributed by atoms with van der Waals surface area (Å²) in [6, 6.07) is 9.37. The first kappa shape index (κ1) is 11.6. The fourth-order valence-corrected chi connectivity index (χ4v) is 2.78. The lowest BCUT2D eigenvalue weighted by atomic mass is 10.1. The number of aryl methyl sites for hydroxylation is 1. The molecule has 3 heteroatoms. The van der Waals surface area contributed by atoms with Crippen molar-refractivity contribution >= 4 is 5.69 Å². The van der Waals surface area contributed by atoms with Gasteiger partial charge in [0.1, 0.15) is 6.07 Å². The molecule has 3 nitrogen and oxygen atoms in total. The van der Waals surface area contributed by atoms with Crippen LogP contribution in [0.5, 0.6) is 0 Å². The van der Waals surface area contributed by atoms with E-state index in [1.54, 1.807) is 0 Å². The Morgan fingerprint density at radius 1 is 1.17 bits per heavy atom. The molecule has 18 heavy (non-hydrogen) atoms. The van der Waals surface area contributed by atoms with E-state index in [1.807, 2.05) is 13.0 Å². The molecule has 1 aromatic rings. The minimum absolute atomic E-state index is 0.815. The van der Waals surface area contributed by atoms with Gasteiger partial charge in [-0.25, -0.2) is 0 Å². The number of nitrogens with zero attached hydrogens (tertiary/aromatic N) is 3. The number of hydrogen-bond donors (Lipinski definition) is 0. The van der Waals surface area contributed by atoms with Gasteiger partial charge in [0.25, 0.3) is 0 Å². The summed E-state index contributed by atoms with van der Waals surface area (Å²) >= 11 is 0. The van der Waals surface area contributed by atoms with E-state index in [4.69, 9.17) is 0 Å². The Bertz CT molecular complexity index is 477. The van der Waals surface area contributed by atoms with E-state index in [9.17, 15) is 5.26 Å². The molecule has 2 aliphatic rings. The SMILES string of the molecule is Cc1ccc(N2CCN(C3CC3)CC2)c(C#N)c1. The molecular weight excluding hydrogens is 222 g/mol. The van der Waals surface area contributed by atoms with Crippen LogP contribution in [0.25, 0.3) is 0 Å². The molecule has 1 heterocycles. The van der Waals surface area contributed by atoms with Gasteiger partial charge in [-0.1, -0.05) is 6.07 Å². The largest absolute Gasteiger partial charge is 0.368 e. The summed E-state index contributed by atoms with van der Waals surface area (Å²) in [5.74, 6) is 0. The van der Waals surface area contributed by atoms with Crippen molar-refractivity contribution in [2.75, 3.05) is 31.1 Å². The van der Waals surface area contributed by atoms with Crippen LogP contribution in [-0.4, -0.2) is 37.1 Å². The van der Waals surface area contributed by atoms with Crippen molar-refractivity contribution in [3.05, 3.63) is 29.3 Å². The van der Waals surface area contributed by atoms with Crippen molar-refractivity contribution in [1.82, 2.24) is 4.90 Å². The van der Waals surface area contributed by atoms with Gasteiger partial charge < -0.3 is 4.90 Å². The second-order valence-electron chi connectivity index (χ2n) is 5.39. The molecule has 0 bridgehead atoms. The predicted molar refractivity (Wildman–Crippen MR) is 72.7 cm³/mol.